The highest BCUT2D eigenvalue weighted by atomic mass is 16.6. The average molecular weight is 230 g/mol. The third-order valence-corrected chi connectivity index (χ3v) is 1.65. The molecule has 0 fully saturated rings. The van der Waals surface area contributed by atoms with E-state index in [9.17, 15) is 9.59 Å². The number of hydrogen-bond acceptors (Lipinski definition) is 4. The standard InChI is InChI=1S/C12H22O4/c1-11(2,3)7-8-15-9(13)10(14)16-12(4,5)6/h7-8H2,1-6H3. The molecule has 0 aliphatic carbocycles. The highest BCUT2D eigenvalue weighted by Crippen LogP contribution is 2.18. The molecule has 0 aromatic heterocycles. The Morgan fingerprint density at radius 3 is 1.81 bits per heavy atom. The number of hydrogen-bond donors (Lipinski definition) is 0. The van der Waals surface area contributed by atoms with E-state index in [0.717, 1.165) is 0 Å². The molecule has 16 heavy (non-hydrogen) atoms. The normalized spacial score (nSPS) is 12.1. The van der Waals surface area contributed by atoms with E-state index in [1.54, 1.807) is 20.8 Å². The fraction of sp³-hybridized carbons (Fsp3) is 0.833. The van der Waals surface area contributed by atoms with E-state index >= 15 is 0 Å². The molecule has 0 N–H and O–H groups in total. The number of rotatable bonds is 2. The zero-order chi connectivity index (χ0) is 13.0. The van der Waals surface area contributed by atoms with Gasteiger partial charge in [0.1, 0.15) is 5.60 Å². The maximum Gasteiger partial charge on any atom is 0.417 e. The zero-order valence-corrected chi connectivity index (χ0v) is 11.0. The molecule has 0 amide bonds. The van der Waals surface area contributed by atoms with Crippen LogP contribution in [0.2, 0.25) is 0 Å². The Kier molecular flexibility index (Phi) is 4.97. The largest absolute Gasteiger partial charge is 0.457 e. The molecule has 4 heteroatoms. The zero-order valence-electron chi connectivity index (χ0n) is 11.0. The van der Waals surface area contributed by atoms with Gasteiger partial charge in [-0.2, -0.15) is 0 Å². The molecule has 0 rings (SSSR count). The van der Waals surface area contributed by atoms with Crippen LogP contribution in [0.3, 0.4) is 0 Å². The van der Waals surface area contributed by atoms with Crippen molar-refractivity contribution in [3.63, 3.8) is 0 Å². The first kappa shape index (κ1) is 14.9. The molecule has 0 unspecified atom stereocenters. The molecule has 0 aliphatic rings. The highest BCUT2D eigenvalue weighted by Gasteiger charge is 2.24. The molecule has 0 radical (unpaired) electrons. The molecule has 0 saturated carbocycles. The minimum absolute atomic E-state index is 0.0776. The molecule has 0 aromatic rings. The van der Waals surface area contributed by atoms with Crippen LogP contribution in [-0.4, -0.2) is 24.1 Å². The lowest BCUT2D eigenvalue weighted by atomic mass is 9.93. The van der Waals surface area contributed by atoms with Gasteiger partial charge in [-0.25, -0.2) is 9.59 Å². The quantitative estimate of drug-likeness (QED) is 0.539. The summed E-state index contributed by atoms with van der Waals surface area (Å²) in [7, 11) is 0. The van der Waals surface area contributed by atoms with Gasteiger partial charge in [0.05, 0.1) is 6.61 Å². The van der Waals surface area contributed by atoms with E-state index in [2.05, 4.69) is 0 Å². The molecule has 0 saturated heterocycles. The van der Waals surface area contributed by atoms with Gasteiger partial charge in [0.25, 0.3) is 0 Å². The number of ether oxygens (including phenoxy) is 2. The molecule has 0 aromatic carbocycles. The molecule has 0 heterocycles. The van der Waals surface area contributed by atoms with Gasteiger partial charge in [0, 0.05) is 0 Å². The topological polar surface area (TPSA) is 52.6 Å². The van der Waals surface area contributed by atoms with Gasteiger partial charge >= 0.3 is 11.9 Å². The van der Waals surface area contributed by atoms with Crippen LogP contribution in [-0.2, 0) is 19.1 Å². The van der Waals surface area contributed by atoms with Crippen LogP contribution >= 0.6 is 0 Å². The minimum atomic E-state index is -0.929. The predicted molar refractivity (Wildman–Crippen MR) is 60.9 cm³/mol. The van der Waals surface area contributed by atoms with Gasteiger partial charge in [-0.05, 0) is 32.6 Å². The average Bonchev–Trinajstić information content (AvgIpc) is 1.98. The molecule has 94 valence electrons. The van der Waals surface area contributed by atoms with Crippen LogP contribution < -0.4 is 0 Å². The lowest BCUT2D eigenvalue weighted by Gasteiger charge is -2.20. The summed E-state index contributed by atoms with van der Waals surface area (Å²) in [4.78, 5) is 22.4. The van der Waals surface area contributed by atoms with Crippen LogP contribution in [0.15, 0.2) is 0 Å². The Labute approximate surface area is 97.3 Å². The van der Waals surface area contributed by atoms with Crippen molar-refractivity contribution >= 4 is 11.9 Å². The first-order valence-electron chi connectivity index (χ1n) is 5.41. The molecule has 4 nitrogen and oxygen atoms in total. The Morgan fingerprint density at radius 1 is 0.938 bits per heavy atom. The summed E-state index contributed by atoms with van der Waals surface area (Å²) in [5.74, 6) is -1.85. The summed E-state index contributed by atoms with van der Waals surface area (Å²) in [6, 6.07) is 0. The van der Waals surface area contributed by atoms with Crippen molar-refractivity contribution in [2.45, 2.75) is 53.6 Å². The first-order valence-corrected chi connectivity index (χ1v) is 5.41. The molecule has 0 bridgehead atoms. The van der Waals surface area contributed by atoms with E-state index in [1.807, 2.05) is 20.8 Å². The second-order valence-electron chi connectivity index (χ2n) is 5.95. The van der Waals surface area contributed by atoms with E-state index in [4.69, 9.17) is 9.47 Å². The van der Waals surface area contributed by atoms with Gasteiger partial charge in [-0.15, -0.1) is 0 Å². The summed E-state index contributed by atoms with van der Waals surface area (Å²) >= 11 is 0. The van der Waals surface area contributed by atoms with Crippen LogP contribution in [0.4, 0.5) is 0 Å². The maximum atomic E-state index is 11.2. The van der Waals surface area contributed by atoms with E-state index in [0.29, 0.717) is 6.42 Å². The molecular weight excluding hydrogens is 208 g/mol. The van der Waals surface area contributed by atoms with Crippen molar-refractivity contribution in [1.29, 1.82) is 0 Å². The van der Waals surface area contributed by atoms with Crippen molar-refractivity contribution in [2.24, 2.45) is 5.41 Å². The Bertz CT molecular complexity index is 255. The second-order valence-corrected chi connectivity index (χ2v) is 5.95. The van der Waals surface area contributed by atoms with E-state index in [1.165, 1.54) is 0 Å². The van der Waals surface area contributed by atoms with Crippen molar-refractivity contribution < 1.29 is 19.1 Å². The fourth-order valence-corrected chi connectivity index (χ4v) is 0.829. The van der Waals surface area contributed by atoms with Crippen molar-refractivity contribution in [2.75, 3.05) is 6.61 Å². The van der Waals surface area contributed by atoms with Crippen LogP contribution in [0, 0.1) is 5.41 Å². The summed E-state index contributed by atoms with van der Waals surface area (Å²) in [6.45, 7) is 11.5. The minimum Gasteiger partial charge on any atom is -0.457 e. The number of esters is 2. The fourth-order valence-electron chi connectivity index (χ4n) is 0.829. The lowest BCUT2D eigenvalue weighted by molar-refractivity contribution is -0.175. The van der Waals surface area contributed by atoms with E-state index in [-0.39, 0.29) is 12.0 Å². The van der Waals surface area contributed by atoms with Crippen LogP contribution in [0.1, 0.15) is 48.0 Å². The van der Waals surface area contributed by atoms with Gasteiger partial charge < -0.3 is 9.47 Å². The van der Waals surface area contributed by atoms with Crippen molar-refractivity contribution in [1.82, 2.24) is 0 Å². The Balaban J connectivity index is 3.95. The summed E-state index contributed by atoms with van der Waals surface area (Å²) in [5.41, 5.74) is -0.589. The molecule has 0 aliphatic heterocycles. The summed E-state index contributed by atoms with van der Waals surface area (Å²) in [6.07, 6.45) is 0.710. The predicted octanol–water partition coefficient (Wildman–Crippen LogP) is 2.31. The highest BCUT2D eigenvalue weighted by molar-refractivity contribution is 6.29. The smallest absolute Gasteiger partial charge is 0.417 e. The Morgan fingerprint density at radius 2 is 1.44 bits per heavy atom. The Hall–Kier alpha value is -1.06. The lowest BCUT2D eigenvalue weighted by Crippen LogP contribution is -2.30. The van der Waals surface area contributed by atoms with Gasteiger partial charge in [-0.1, -0.05) is 20.8 Å². The molecule has 0 atom stereocenters. The van der Waals surface area contributed by atoms with E-state index < -0.39 is 17.5 Å². The van der Waals surface area contributed by atoms with Crippen molar-refractivity contribution in [3.8, 4) is 0 Å². The SMILES string of the molecule is CC(C)(C)CCOC(=O)C(=O)OC(C)(C)C. The van der Waals surface area contributed by atoms with Gasteiger partial charge in [0.2, 0.25) is 0 Å². The monoisotopic (exact) mass is 230 g/mol. The van der Waals surface area contributed by atoms with Gasteiger partial charge in [-0.3, -0.25) is 0 Å². The molecule has 0 spiro atoms. The van der Waals surface area contributed by atoms with Gasteiger partial charge in [0.15, 0.2) is 0 Å². The third kappa shape index (κ3) is 8.26. The van der Waals surface area contributed by atoms with Crippen molar-refractivity contribution in [3.05, 3.63) is 0 Å². The molecular formula is C12H22O4. The van der Waals surface area contributed by atoms with Crippen LogP contribution in [0.25, 0.3) is 0 Å². The number of carbonyl (C=O) groups excluding carboxylic acids is 2. The third-order valence-electron chi connectivity index (χ3n) is 1.65. The summed E-state index contributed by atoms with van der Waals surface area (Å²) < 4.78 is 9.68. The van der Waals surface area contributed by atoms with Crippen LogP contribution in [0.5, 0.6) is 0 Å². The second kappa shape index (κ2) is 5.32. The maximum absolute atomic E-state index is 11.2. The summed E-state index contributed by atoms with van der Waals surface area (Å²) in [5, 5.41) is 0. The first-order chi connectivity index (χ1) is 7.01. The number of carbonyl (C=O) groups is 2.